The van der Waals surface area contributed by atoms with Crippen LogP contribution in [0.2, 0.25) is 0 Å². The number of carboxylic acid groups (broad SMARTS) is 1. The normalized spacial score (nSPS) is 11.5. The first-order valence-corrected chi connectivity index (χ1v) is 10.8. The summed E-state index contributed by atoms with van der Waals surface area (Å²) in [5.41, 5.74) is 1.20. The molecule has 0 fully saturated rings. The summed E-state index contributed by atoms with van der Waals surface area (Å²) in [6, 6.07) is 7.56. The van der Waals surface area contributed by atoms with Gasteiger partial charge in [0.05, 0.1) is 11.3 Å². The fraction of sp³-hybridized carbons (Fsp3) is 0.238. The predicted molar refractivity (Wildman–Crippen MR) is 111 cm³/mol. The van der Waals surface area contributed by atoms with E-state index in [9.17, 15) is 22.4 Å². The van der Waals surface area contributed by atoms with Crippen LogP contribution >= 0.6 is 23.1 Å². The molecule has 3 aromatic rings. The van der Waals surface area contributed by atoms with Gasteiger partial charge in [-0.05, 0) is 37.6 Å². The van der Waals surface area contributed by atoms with E-state index >= 15 is 0 Å². The van der Waals surface area contributed by atoms with Crippen LogP contribution in [0, 0.1) is 19.7 Å². The molecule has 0 aliphatic rings. The quantitative estimate of drug-likeness (QED) is 0.322. The van der Waals surface area contributed by atoms with Crippen LogP contribution in [0.3, 0.4) is 0 Å². The van der Waals surface area contributed by atoms with Crippen LogP contribution in [0.25, 0.3) is 10.6 Å². The van der Waals surface area contributed by atoms with Crippen LogP contribution in [-0.4, -0.2) is 22.7 Å². The summed E-state index contributed by atoms with van der Waals surface area (Å²) in [6.07, 6.45) is -4.39. The number of aliphatic carboxylic acids is 1. The third kappa shape index (κ3) is 5.76. The molecule has 164 valence electrons. The minimum Gasteiger partial charge on any atom is -0.482 e. The third-order valence-corrected chi connectivity index (χ3v) is 6.74. The van der Waals surface area contributed by atoms with Gasteiger partial charge in [0.15, 0.2) is 6.61 Å². The number of halogens is 4. The van der Waals surface area contributed by atoms with Crippen molar-refractivity contribution in [2.24, 2.45) is 0 Å². The monoisotopic (exact) mass is 471 g/mol. The average Bonchev–Trinajstić information content (AvgIpc) is 3.07. The topological polar surface area (TPSA) is 59.4 Å². The lowest BCUT2D eigenvalue weighted by molar-refractivity contribution is -0.139. The molecule has 0 atom stereocenters. The zero-order chi connectivity index (χ0) is 22.8. The second kappa shape index (κ2) is 9.27. The highest BCUT2D eigenvalue weighted by Crippen LogP contribution is 2.36. The Hall–Kier alpha value is -2.59. The van der Waals surface area contributed by atoms with Crippen LogP contribution in [0.4, 0.5) is 17.6 Å². The molecule has 1 aromatic heterocycles. The molecule has 10 heteroatoms. The highest BCUT2D eigenvalue weighted by Gasteiger charge is 2.30. The number of hydrogen-bond donors (Lipinski definition) is 1. The number of carbonyl (C=O) groups is 1. The fourth-order valence-corrected chi connectivity index (χ4v) is 4.90. The molecule has 0 saturated carbocycles. The molecule has 4 nitrogen and oxygen atoms in total. The number of carboxylic acids is 1. The lowest BCUT2D eigenvalue weighted by atomic mass is 10.1. The molecule has 1 N–H and O–H groups in total. The van der Waals surface area contributed by atoms with Crippen molar-refractivity contribution in [3.63, 3.8) is 0 Å². The van der Waals surface area contributed by atoms with Crippen molar-refractivity contribution in [3.8, 4) is 16.3 Å². The first kappa shape index (κ1) is 23.1. The van der Waals surface area contributed by atoms with E-state index in [4.69, 9.17) is 9.84 Å². The van der Waals surface area contributed by atoms with Crippen LogP contribution < -0.4 is 4.74 Å². The number of thioether (sulfide) groups is 1. The fourth-order valence-electron chi connectivity index (χ4n) is 2.67. The highest BCUT2D eigenvalue weighted by atomic mass is 32.2. The molecule has 3 rings (SSSR count). The standard InChI is InChI=1S/C21H17F4NO3S2/c1-11-7-17(15(22)8-16(11)29-9-19(27)28)30-10-18-12(2)26-20(31-18)13-3-5-14(6-4-13)21(23,24)25/h3-8H,9-10H2,1-2H3,(H,27,28). The Morgan fingerprint density at radius 1 is 1.19 bits per heavy atom. The minimum atomic E-state index is -4.39. The molecule has 0 spiro atoms. The Balaban J connectivity index is 1.72. The van der Waals surface area contributed by atoms with Crippen molar-refractivity contribution < 1.29 is 32.2 Å². The van der Waals surface area contributed by atoms with E-state index in [1.54, 1.807) is 19.9 Å². The second-order valence-electron chi connectivity index (χ2n) is 6.62. The number of thiazole rings is 1. The molecule has 2 aromatic carbocycles. The number of aryl methyl sites for hydroxylation is 2. The second-order valence-corrected chi connectivity index (χ2v) is 8.72. The number of aromatic nitrogens is 1. The molecular formula is C21H17F4NO3S2. The van der Waals surface area contributed by atoms with Gasteiger partial charge in [0.25, 0.3) is 0 Å². The summed E-state index contributed by atoms with van der Waals surface area (Å²) in [5.74, 6) is -1.08. The molecule has 0 amide bonds. The van der Waals surface area contributed by atoms with E-state index < -0.39 is 30.1 Å². The van der Waals surface area contributed by atoms with Crippen LogP contribution in [-0.2, 0) is 16.7 Å². The Labute approximate surface area is 183 Å². The van der Waals surface area contributed by atoms with Crippen molar-refractivity contribution in [2.45, 2.75) is 30.7 Å². The van der Waals surface area contributed by atoms with Gasteiger partial charge in [-0.1, -0.05) is 12.1 Å². The molecule has 31 heavy (non-hydrogen) atoms. The third-order valence-electron chi connectivity index (χ3n) is 4.29. The van der Waals surface area contributed by atoms with Crippen LogP contribution in [0.1, 0.15) is 21.7 Å². The van der Waals surface area contributed by atoms with Crippen molar-refractivity contribution in [2.75, 3.05) is 6.61 Å². The number of alkyl halides is 3. The zero-order valence-electron chi connectivity index (χ0n) is 16.4. The lowest BCUT2D eigenvalue weighted by Gasteiger charge is -2.10. The van der Waals surface area contributed by atoms with Gasteiger partial charge >= 0.3 is 12.1 Å². The Morgan fingerprint density at radius 3 is 2.48 bits per heavy atom. The van der Waals surface area contributed by atoms with Gasteiger partial charge in [0.2, 0.25) is 0 Å². The summed E-state index contributed by atoms with van der Waals surface area (Å²) in [5, 5.41) is 9.28. The SMILES string of the molecule is Cc1cc(SCc2sc(-c3ccc(C(F)(F)F)cc3)nc2C)c(F)cc1OCC(=O)O. The molecule has 0 radical (unpaired) electrons. The van der Waals surface area contributed by atoms with Gasteiger partial charge in [-0.3, -0.25) is 0 Å². The molecule has 0 saturated heterocycles. The minimum absolute atomic E-state index is 0.169. The number of ether oxygens (including phenoxy) is 1. The molecule has 0 aliphatic heterocycles. The Kier molecular flexibility index (Phi) is 6.90. The van der Waals surface area contributed by atoms with E-state index in [-0.39, 0.29) is 5.75 Å². The number of nitrogens with zero attached hydrogens (tertiary/aromatic N) is 1. The summed E-state index contributed by atoms with van der Waals surface area (Å²) < 4.78 is 57.7. The van der Waals surface area contributed by atoms with E-state index in [1.165, 1.54) is 35.2 Å². The lowest BCUT2D eigenvalue weighted by Crippen LogP contribution is -2.10. The van der Waals surface area contributed by atoms with E-state index in [2.05, 4.69) is 4.98 Å². The van der Waals surface area contributed by atoms with Gasteiger partial charge in [-0.15, -0.1) is 23.1 Å². The number of hydrogen-bond acceptors (Lipinski definition) is 5. The summed E-state index contributed by atoms with van der Waals surface area (Å²) >= 11 is 2.59. The van der Waals surface area contributed by atoms with Crippen LogP contribution in [0.5, 0.6) is 5.75 Å². The average molecular weight is 471 g/mol. The molecule has 0 bridgehead atoms. The first-order valence-electron chi connectivity index (χ1n) is 8.96. The Morgan fingerprint density at radius 2 is 1.87 bits per heavy atom. The zero-order valence-corrected chi connectivity index (χ0v) is 18.1. The summed E-state index contributed by atoms with van der Waals surface area (Å²) in [7, 11) is 0. The number of benzene rings is 2. The van der Waals surface area contributed by atoms with Crippen molar-refractivity contribution in [1.29, 1.82) is 0 Å². The molecule has 0 aliphatic carbocycles. The van der Waals surface area contributed by atoms with Crippen molar-refractivity contribution in [3.05, 3.63) is 63.9 Å². The van der Waals surface area contributed by atoms with Crippen molar-refractivity contribution in [1.82, 2.24) is 4.98 Å². The Bertz CT molecular complexity index is 1100. The molecular weight excluding hydrogens is 454 g/mol. The largest absolute Gasteiger partial charge is 0.482 e. The van der Waals surface area contributed by atoms with E-state index in [0.29, 0.717) is 26.8 Å². The summed E-state index contributed by atoms with van der Waals surface area (Å²) in [6.45, 7) is 2.94. The maximum Gasteiger partial charge on any atom is 0.416 e. The molecule has 1 heterocycles. The molecule has 0 unspecified atom stereocenters. The maximum atomic E-state index is 14.4. The summed E-state index contributed by atoms with van der Waals surface area (Å²) in [4.78, 5) is 16.3. The van der Waals surface area contributed by atoms with Gasteiger partial charge in [0.1, 0.15) is 16.6 Å². The highest BCUT2D eigenvalue weighted by molar-refractivity contribution is 7.98. The van der Waals surface area contributed by atoms with Gasteiger partial charge < -0.3 is 9.84 Å². The van der Waals surface area contributed by atoms with Gasteiger partial charge in [-0.25, -0.2) is 14.2 Å². The first-order chi connectivity index (χ1) is 14.5. The predicted octanol–water partition coefficient (Wildman–Crippen LogP) is 6.34. The van der Waals surface area contributed by atoms with Gasteiger partial charge in [0, 0.05) is 27.2 Å². The number of rotatable bonds is 7. The maximum absolute atomic E-state index is 14.4. The van der Waals surface area contributed by atoms with Gasteiger partial charge in [-0.2, -0.15) is 13.2 Å². The van der Waals surface area contributed by atoms with E-state index in [0.717, 1.165) is 28.8 Å². The van der Waals surface area contributed by atoms with E-state index in [1.807, 2.05) is 0 Å². The van der Waals surface area contributed by atoms with Crippen LogP contribution in [0.15, 0.2) is 41.3 Å². The van der Waals surface area contributed by atoms with Crippen molar-refractivity contribution >= 4 is 29.1 Å². The smallest absolute Gasteiger partial charge is 0.416 e.